The smallest absolute Gasteiger partial charge is 0.153 e. The summed E-state index contributed by atoms with van der Waals surface area (Å²) in [5.41, 5.74) is 2.41. The van der Waals surface area contributed by atoms with E-state index in [1.165, 1.54) is 13.2 Å². The molecule has 0 aromatic heterocycles. The zero-order valence-electron chi connectivity index (χ0n) is 10.2. The van der Waals surface area contributed by atoms with Gasteiger partial charge in [0.1, 0.15) is 11.6 Å². The van der Waals surface area contributed by atoms with Crippen molar-refractivity contribution in [2.45, 2.75) is 6.92 Å². The number of hydrogen-bond acceptors (Lipinski definition) is 2. The molecule has 3 heteroatoms. The van der Waals surface area contributed by atoms with Gasteiger partial charge in [-0.05, 0) is 36.2 Å². The Morgan fingerprint density at radius 1 is 1.17 bits per heavy atom. The Balaban J connectivity index is 2.54. The second kappa shape index (κ2) is 5.00. The summed E-state index contributed by atoms with van der Waals surface area (Å²) in [5.74, 6) is 0.193. The first-order valence-electron chi connectivity index (χ1n) is 5.55. The first-order valence-corrected chi connectivity index (χ1v) is 5.55. The largest absolute Gasteiger partial charge is 0.496 e. The molecule has 18 heavy (non-hydrogen) atoms. The molecule has 0 heterocycles. The minimum Gasteiger partial charge on any atom is -0.496 e. The van der Waals surface area contributed by atoms with Gasteiger partial charge < -0.3 is 4.74 Å². The Morgan fingerprint density at radius 2 is 1.94 bits per heavy atom. The highest BCUT2D eigenvalue weighted by molar-refractivity contribution is 5.83. The molecule has 0 bridgehead atoms. The van der Waals surface area contributed by atoms with Crippen LogP contribution in [0, 0.1) is 12.7 Å². The number of hydrogen-bond donors (Lipinski definition) is 0. The molecule has 0 aliphatic rings. The maximum Gasteiger partial charge on any atom is 0.153 e. The molecule has 2 aromatic carbocycles. The fourth-order valence-corrected chi connectivity index (χ4v) is 1.85. The molecule has 0 spiro atoms. The van der Waals surface area contributed by atoms with Gasteiger partial charge in [-0.15, -0.1) is 0 Å². The molecule has 0 amide bonds. The van der Waals surface area contributed by atoms with E-state index in [4.69, 9.17) is 4.74 Å². The van der Waals surface area contributed by atoms with Crippen LogP contribution in [0.1, 0.15) is 15.9 Å². The predicted molar refractivity (Wildman–Crippen MR) is 68.5 cm³/mol. The molecule has 2 rings (SSSR count). The van der Waals surface area contributed by atoms with Crippen LogP contribution in [-0.4, -0.2) is 13.4 Å². The molecule has 2 aromatic rings. The van der Waals surface area contributed by atoms with Gasteiger partial charge in [-0.3, -0.25) is 4.79 Å². The van der Waals surface area contributed by atoms with Gasteiger partial charge in [0, 0.05) is 5.56 Å². The third kappa shape index (κ3) is 2.25. The maximum atomic E-state index is 13.8. The van der Waals surface area contributed by atoms with E-state index in [2.05, 4.69) is 0 Å². The summed E-state index contributed by atoms with van der Waals surface area (Å²) in [6.07, 6.45) is 0.703. The van der Waals surface area contributed by atoms with Crippen molar-refractivity contribution in [3.63, 3.8) is 0 Å². The number of carbonyl (C=O) groups excluding carboxylic acids is 1. The minimum atomic E-state index is -0.294. The lowest BCUT2D eigenvalue weighted by molar-refractivity contribution is 0.112. The average molecular weight is 244 g/mol. The number of aryl methyl sites for hydroxylation is 1. The third-order valence-electron chi connectivity index (χ3n) is 2.79. The predicted octanol–water partition coefficient (Wildman–Crippen LogP) is 3.62. The summed E-state index contributed by atoms with van der Waals surface area (Å²) in [6.45, 7) is 1.83. The van der Waals surface area contributed by atoms with Gasteiger partial charge in [0.2, 0.25) is 0 Å². The molecule has 0 N–H and O–H groups in total. The average Bonchev–Trinajstić information content (AvgIpc) is 2.38. The Labute approximate surface area is 105 Å². The molecule has 0 fully saturated rings. The Morgan fingerprint density at radius 3 is 2.56 bits per heavy atom. The van der Waals surface area contributed by atoms with Crippen molar-refractivity contribution in [1.29, 1.82) is 0 Å². The molecule has 0 atom stereocenters. The summed E-state index contributed by atoms with van der Waals surface area (Å²) in [7, 11) is 1.49. The molecule has 0 aliphatic carbocycles. The molecule has 2 nitrogen and oxygen atoms in total. The molecule has 92 valence electrons. The number of aldehydes is 1. The second-order valence-electron chi connectivity index (χ2n) is 4.06. The van der Waals surface area contributed by atoms with Crippen LogP contribution in [0.5, 0.6) is 5.75 Å². The lowest BCUT2D eigenvalue weighted by atomic mass is 10.0. The molecule has 0 radical (unpaired) electrons. The Kier molecular flexibility index (Phi) is 3.42. The van der Waals surface area contributed by atoms with Crippen LogP contribution in [0.15, 0.2) is 36.4 Å². The molecule has 0 saturated carbocycles. The van der Waals surface area contributed by atoms with E-state index < -0.39 is 0 Å². The Bertz CT molecular complexity index is 591. The van der Waals surface area contributed by atoms with Gasteiger partial charge in [0.25, 0.3) is 0 Å². The van der Waals surface area contributed by atoms with E-state index in [9.17, 15) is 9.18 Å². The van der Waals surface area contributed by atoms with Crippen LogP contribution < -0.4 is 4.74 Å². The van der Waals surface area contributed by atoms with Crippen molar-refractivity contribution in [3.05, 3.63) is 53.3 Å². The molecule has 0 unspecified atom stereocenters. The van der Waals surface area contributed by atoms with E-state index in [0.29, 0.717) is 28.7 Å². The molecular weight excluding hydrogens is 231 g/mol. The van der Waals surface area contributed by atoms with Crippen molar-refractivity contribution in [1.82, 2.24) is 0 Å². The van der Waals surface area contributed by atoms with Crippen molar-refractivity contribution in [2.24, 2.45) is 0 Å². The van der Waals surface area contributed by atoms with Gasteiger partial charge in [0.15, 0.2) is 6.29 Å². The number of benzene rings is 2. The lowest BCUT2D eigenvalue weighted by Crippen LogP contribution is -1.92. The van der Waals surface area contributed by atoms with Crippen LogP contribution >= 0.6 is 0 Å². The zero-order chi connectivity index (χ0) is 13.1. The van der Waals surface area contributed by atoms with Crippen LogP contribution in [0.25, 0.3) is 11.1 Å². The normalized spacial score (nSPS) is 10.2. The molecular formula is C15H13FO2. The van der Waals surface area contributed by atoms with Gasteiger partial charge in [-0.1, -0.05) is 18.2 Å². The third-order valence-corrected chi connectivity index (χ3v) is 2.79. The van der Waals surface area contributed by atoms with E-state index in [0.717, 1.165) is 5.56 Å². The standard InChI is InChI=1S/C15H13FO2/c1-10-3-5-13(14(16)7-10)11-4-6-15(18-2)12(8-11)9-17/h3-9H,1-2H3. The second-order valence-corrected chi connectivity index (χ2v) is 4.06. The number of halogens is 1. The summed E-state index contributed by atoms with van der Waals surface area (Å²) in [6, 6.07) is 10.0. The van der Waals surface area contributed by atoms with E-state index in [1.807, 2.05) is 13.0 Å². The minimum absolute atomic E-state index is 0.294. The van der Waals surface area contributed by atoms with Crippen molar-refractivity contribution in [3.8, 4) is 16.9 Å². The van der Waals surface area contributed by atoms with Gasteiger partial charge >= 0.3 is 0 Å². The quantitative estimate of drug-likeness (QED) is 0.771. The highest BCUT2D eigenvalue weighted by atomic mass is 19.1. The fourth-order valence-electron chi connectivity index (χ4n) is 1.85. The fraction of sp³-hybridized carbons (Fsp3) is 0.133. The van der Waals surface area contributed by atoms with E-state index in [1.54, 1.807) is 24.3 Å². The summed E-state index contributed by atoms with van der Waals surface area (Å²) < 4.78 is 18.9. The van der Waals surface area contributed by atoms with Crippen molar-refractivity contribution in [2.75, 3.05) is 7.11 Å². The van der Waals surface area contributed by atoms with Crippen molar-refractivity contribution >= 4 is 6.29 Å². The lowest BCUT2D eigenvalue weighted by Gasteiger charge is -2.08. The van der Waals surface area contributed by atoms with Crippen LogP contribution in [0.3, 0.4) is 0 Å². The highest BCUT2D eigenvalue weighted by Crippen LogP contribution is 2.28. The van der Waals surface area contributed by atoms with Gasteiger partial charge in [0.05, 0.1) is 12.7 Å². The maximum absolute atomic E-state index is 13.8. The molecule has 0 aliphatic heterocycles. The van der Waals surface area contributed by atoms with E-state index in [-0.39, 0.29) is 5.82 Å². The van der Waals surface area contributed by atoms with Gasteiger partial charge in [-0.2, -0.15) is 0 Å². The summed E-state index contributed by atoms with van der Waals surface area (Å²) in [4.78, 5) is 10.9. The molecule has 0 saturated heterocycles. The van der Waals surface area contributed by atoms with Crippen molar-refractivity contribution < 1.29 is 13.9 Å². The van der Waals surface area contributed by atoms with Crippen LogP contribution in [0.4, 0.5) is 4.39 Å². The number of carbonyl (C=O) groups is 1. The summed E-state index contributed by atoms with van der Waals surface area (Å²) >= 11 is 0. The number of ether oxygens (including phenoxy) is 1. The number of rotatable bonds is 3. The van der Waals surface area contributed by atoms with Crippen LogP contribution in [0.2, 0.25) is 0 Å². The first kappa shape index (κ1) is 12.3. The first-order chi connectivity index (χ1) is 8.65. The SMILES string of the molecule is COc1ccc(-c2ccc(C)cc2F)cc1C=O. The van der Waals surface area contributed by atoms with E-state index >= 15 is 0 Å². The Hall–Kier alpha value is -2.16. The number of methoxy groups -OCH3 is 1. The van der Waals surface area contributed by atoms with Crippen LogP contribution in [-0.2, 0) is 0 Å². The highest BCUT2D eigenvalue weighted by Gasteiger charge is 2.08. The summed E-state index contributed by atoms with van der Waals surface area (Å²) in [5, 5.41) is 0. The zero-order valence-corrected chi connectivity index (χ0v) is 10.2. The topological polar surface area (TPSA) is 26.3 Å². The monoisotopic (exact) mass is 244 g/mol. The van der Waals surface area contributed by atoms with Gasteiger partial charge in [-0.25, -0.2) is 4.39 Å².